The molecule has 0 saturated carbocycles. The summed E-state index contributed by atoms with van der Waals surface area (Å²) in [6.07, 6.45) is 1.55. The highest BCUT2D eigenvalue weighted by Gasteiger charge is 2.02. The average molecular weight is 173 g/mol. The summed E-state index contributed by atoms with van der Waals surface area (Å²) in [6, 6.07) is 11.0. The van der Waals surface area contributed by atoms with Crippen LogP contribution in [0.15, 0.2) is 47.8 Å². The summed E-state index contributed by atoms with van der Waals surface area (Å²) in [4.78, 5) is 10.4. The van der Waals surface area contributed by atoms with Crippen LogP contribution in [0.4, 0.5) is 5.82 Å². The molecule has 0 fully saturated rings. The molecule has 1 aromatic heterocycles. The maximum absolute atomic E-state index is 10.4. The molecule has 0 atom stereocenters. The van der Waals surface area contributed by atoms with E-state index < -0.39 is 0 Å². The minimum absolute atomic E-state index is 0.311. The second kappa shape index (κ2) is 3.18. The molecule has 0 unspecified atom stereocenters. The van der Waals surface area contributed by atoms with Gasteiger partial charge in [-0.25, -0.2) is 4.68 Å². The van der Waals surface area contributed by atoms with Gasteiger partial charge in [0.15, 0.2) is 5.82 Å². The Bertz CT molecular complexity index is 408. The minimum Gasteiger partial charge on any atom is -0.212 e. The molecule has 0 aliphatic heterocycles. The molecule has 13 heavy (non-hydrogen) atoms. The van der Waals surface area contributed by atoms with Gasteiger partial charge in [0, 0.05) is 6.07 Å². The van der Waals surface area contributed by atoms with Crippen molar-refractivity contribution in [3.63, 3.8) is 0 Å². The summed E-state index contributed by atoms with van der Waals surface area (Å²) in [5.41, 5.74) is 0.835. The van der Waals surface area contributed by atoms with Crippen LogP contribution in [0, 0.1) is 4.91 Å². The Labute approximate surface area is 74.8 Å². The predicted octanol–water partition coefficient (Wildman–Crippen LogP) is 2.27. The lowest BCUT2D eigenvalue weighted by Crippen LogP contribution is -1.93. The number of para-hydroxylation sites is 1. The standard InChI is InChI=1S/C9H7N3O/c13-11-9-6-7-10-12(9)8-4-2-1-3-5-8/h1-7H. The number of hydrogen-bond donors (Lipinski definition) is 0. The molecule has 1 heterocycles. The second-order valence-electron chi connectivity index (χ2n) is 2.53. The Kier molecular flexibility index (Phi) is 1.88. The summed E-state index contributed by atoms with van der Waals surface area (Å²) < 4.78 is 1.49. The van der Waals surface area contributed by atoms with Crippen molar-refractivity contribution < 1.29 is 0 Å². The number of benzene rings is 1. The predicted molar refractivity (Wildman–Crippen MR) is 49.0 cm³/mol. The normalized spacial score (nSPS) is 9.85. The van der Waals surface area contributed by atoms with Gasteiger partial charge in [-0.1, -0.05) is 18.2 Å². The van der Waals surface area contributed by atoms with Gasteiger partial charge in [-0.3, -0.25) is 0 Å². The van der Waals surface area contributed by atoms with E-state index in [1.165, 1.54) is 4.68 Å². The molecule has 0 radical (unpaired) electrons. The van der Waals surface area contributed by atoms with E-state index in [4.69, 9.17) is 0 Å². The van der Waals surface area contributed by atoms with Crippen LogP contribution in [0.2, 0.25) is 0 Å². The number of aromatic nitrogens is 2. The molecular formula is C9H7N3O. The van der Waals surface area contributed by atoms with Crippen molar-refractivity contribution in [2.45, 2.75) is 0 Å². The van der Waals surface area contributed by atoms with Crippen LogP contribution in [0.1, 0.15) is 0 Å². The largest absolute Gasteiger partial charge is 0.212 e. The maximum atomic E-state index is 10.4. The second-order valence-corrected chi connectivity index (χ2v) is 2.53. The fraction of sp³-hybridized carbons (Fsp3) is 0. The maximum Gasteiger partial charge on any atom is 0.199 e. The van der Waals surface area contributed by atoms with Gasteiger partial charge >= 0.3 is 0 Å². The third-order valence-electron chi connectivity index (χ3n) is 1.72. The quantitative estimate of drug-likeness (QED) is 0.654. The molecule has 64 valence electrons. The van der Waals surface area contributed by atoms with Gasteiger partial charge in [-0.15, -0.1) is 4.91 Å². The first kappa shape index (κ1) is 7.67. The number of rotatable bonds is 2. The third kappa shape index (κ3) is 1.33. The number of hydrogen-bond acceptors (Lipinski definition) is 3. The first-order valence-electron chi connectivity index (χ1n) is 3.84. The molecule has 2 rings (SSSR count). The topological polar surface area (TPSA) is 47.2 Å². The smallest absolute Gasteiger partial charge is 0.199 e. The number of nitrogens with zero attached hydrogens (tertiary/aromatic N) is 3. The summed E-state index contributed by atoms with van der Waals surface area (Å²) in [5, 5.41) is 6.84. The summed E-state index contributed by atoms with van der Waals surface area (Å²) in [7, 11) is 0. The van der Waals surface area contributed by atoms with Gasteiger partial charge in [-0.05, 0) is 17.3 Å². The zero-order valence-corrected chi connectivity index (χ0v) is 6.79. The molecule has 1 aromatic carbocycles. The molecule has 0 aliphatic carbocycles. The van der Waals surface area contributed by atoms with Crippen molar-refractivity contribution in [2.24, 2.45) is 5.18 Å². The van der Waals surface area contributed by atoms with Crippen LogP contribution in [0.25, 0.3) is 5.69 Å². The Balaban J connectivity index is 2.52. The SMILES string of the molecule is O=Nc1ccnn1-c1ccccc1. The van der Waals surface area contributed by atoms with Crippen molar-refractivity contribution in [1.29, 1.82) is 0 Å². The fourth-order valence-electron chi connectivity index (χ4n) is 1.13. The highest BCUT2D eigenvalue weighted by Crippen LogP contribution is 2.15. The first-order chi connectivity index (χ1) is 6.42. The Morgan fingerprint density at radius 1 is 1.15 bits per heavy atom. The van der Waals surface area contributed by atoms with E-state index in [1.54, 1.807) is 12.3 Å². The Morgan fingerprint density at radius 2 is 1.92 bits per heavy atom. The zero-order valence-electron chi connectivity index (χ0n) is 6.79. The van der Waals surface area contributed by atoms with Gasteiger partial charge in [-0.2, -0.15) is 5.10 Å². The summed E-state index contributed by atoms with van der Waals surface area (Å²) >= 11 is 0. The van der Waals surface area contributed by atoms with Crippen LogP contribution < -0.4 is 0 Å². The van der Waals surface area contributed by atoms with Gasteiger partial charge in [0.25, 0.3) is 0 Å². The molecule has 0 N–H and O–H groups in total. The monoisotopic (exact) mass is 173 g/mol. The van der Waals surface area contributed by atoms with Crippen LogP contribution in [0.3, 0.4) is 0 Å². The van der Waals surface area contributed by atoms with E-state index in [1.807, 2.05) is 30.3 Å². The van der Waals surface area contributed by atoms with Crippen molar-refractivity contribution in [1.82, 2.24) is 9.78 Å². The molecule has 0 aliphatic rings. The van der Waals surface area contributed by atoms with Crippen LogP contribution >= 0.6 is 0 Å². The molecule has 0 spiro atoms. The summed E-state index contributed by atoms with van der Waals surface area (Å²) in [6.45, 7) is 0. The van der Waals surface area contributed by atoms with Crippen LogP contribution in [-0.2, 0) is 0 Å². The molecular weight excluding hydrogens is 166 g/mol. The highest BCUT2D eigenvalue weighted by atomic mass is 16.3. The highest BCUT2D eigenvalue weighted by molar-refractivity contribution is 5.39. The van der Waals surface area contributed by atoms with E-state index >= 15 is 0 Å². The summed E-state index contributed by atoms with van der Waals surface area (Å²) in [5.74, 6) is 0.311. The van der Waals surface area contributed by atoms with E-state index in [0.717, 1.165) is 5.69 Å². The van der Waals surface area contributed by atoms with E-state index in [-0.39, 0.29) is 0 Å². The van der Waals surface area contributed by atoms with E-state index in [0.29, 0.717) is 5.82 Å². The third-order valence-corrected chi connectivity index (χ3v) is 1.72. The molecule has 0 amide bonds. The molecule has 4 nitrogen and oxygen atoms in total. The lowest BCUT2D eigenvalue weighted by atomic mass is 10.3. The van der Waals surface area contributed by atoms with E-state index in [2.05, 4.69) is 10.3 Å². The van der Waals surface area contributed by atoms with E-state index in [9.17, 15) is 4.91 Å². The lowest BCUT2D eigenvalue weighted by Gasteiger charge is -2.00. The van der Waals surface area contributed by atoms with Gasteiger partial charge in [0.1, 0.15) is 0 Å². The minimum atomic E-state index is 0.311. The lowest BCUT2D eigenvalue weighted by molar-refractivity contribution is 0.879. The first-order valence-corrected chi connectivity index (χ1v) is 3.84. The van der Waals surface area contributed by atoms with Gasteiger partial charge < -0.3 is 0 Å². The van der Waals surface area contributed by atoms with Crippen molar-refractivity contribution in [2.75, 3.05) is 0 Å². The molecule has 0 bridgehead atoms. The van der Waals surface area contributed by atoms with Gasteiger partial charge in [0.05, 0.1) is 11.9 Å². The van der Waals surface area contributed by atoms with Gasteiger partial charge in [0.2, 0.25) is 0 Å². The molecule has 4 heteroatoms. The van der Waals surface area contributed by atoms with Crippen molar-refractivity contribution in [3.05, 3.63) is 47.5 Å². The van der Waals surface area contributed by atoms with Crippen molar-refractivity contribution in [3.8, 4) is 5.69 Å². The zero-order chi connectivity index (χ0) is 9.10. The number of nitroso groups, excluding NO2 is 1. The van der Waals surface area contributed by atoms with Crippen LogP contribution in [-0.4, -0.2) is 9.78 Å². The Hall–Kier alpha value is -1.97. The Morgan fingerprint density at radius 3 is 2.62 bits per heavy atom. The molecule has 2 aromatic rings. The fourth-order valence-corrected chi connectivity index (χ4v) is 1.13. The molecule has 0 saturated heterocycles. The average Bonchev–Trinajstić information content (AvgIpc) is 2.67. The van der Waals surface area contributed by atoms with Crippen molar-refractivity contribution >= 4 is 5.82 Å². The van der Waals surface area contributed by atoms with Crippen LogP contribution in [0.5, 0.6) is 0 Å².